The third kappa shape index (κ3) is 15.4. The molecule has 0 aliphatic heterocycles. The second kappa shape index (κ2) is 36.1. The quantitative estimate of drug-likeness (QED) is 0.109. The largest absolute Gasteiger partial charge is 0.456 e. The molecule has 0 fully saturated rings. The van der Waals surface area contributed by atoms with Gasteiger partial charge in [0.25, 0.3) is 0 Å². The first-order valence-corrected chi connectivity index (χ1v) is 51.0. The molecule has 12 heteroatoms. The highest BCUT2D eigenvalue weighted by molar-refractivity contribution is 7.26. The SMILES string of the molecule is c1ccc(-c2nc(-c3ccccc3)nc(-c3ccc4c5ccccc5c5cccc(-c6ccc7c(c6)oc6ccccc67)c5c4c3)n2)cc1.c1ccc(-c2nc(-c3ccccc3)nc(-c3ccc4c5ccccc5c5cccc(-c6ccc7c(c6)sc6ccccc67)c5c4c3)n2)cc1.c1ccc(-c2nc(-c3ccccc3)nc(-c3ccc4c5ccccc5c5cccc(-c6ccc7sc8ccccc8c7c6)c5c4c3)n2)cc1. The van der Waals surface area contributed by atoms with Crippen LogP contribution in [-0.4, -0.2) is 44.9 Å². The van der Waals surface area contributed by atoms with Gasteiger partial charge < -0.3 is 4.42 Å². The van der Waals surface area contributed by atoms with Crippen molar-refractivity contribution in [2.75, 3.05) is 0 Å². The van der Waals surface area contributed by atoms with Gasteiger partial charge in [0.05, 0.1) is 0 Å². The summed E-state index contributed by atoms with van der Waals surface area (Å²) in [6, 6.07) is 173. The number of thiophene rings is 2. The minimum atomic E-state index is 0.636. The van der Waals surface area contributed by atoms with Crippen molar-refractivity contribution in [3.8, 4) is 136 Å². The Morgan fingerprint density at radius 2 is 0.347 bits per heavy atom. The molecular weight excluding hydrogens is 1830 g/mol. The van der Waals surface area contributed by atoms with Gasteiger partial charge in [-0.15, -0.1) is 22.7 Å². The molecule has 0 aliphatic carbocycles. The lowest BCUT2D eigenvalue weighted by molar-refractivity contribution is 0.669. The molecule has 0 atom stereocenters. The number of nitrogens with zero attached hydrogens (tertiary/aromatic N) is 9. The molecule has 0 bridgehead atoms. The lowest BCUT2D eigenvalue weighted by Gasteiger charge is -2.16. The minimum absolute atomic E-state index is 0.636. The summed E-state index contributed by atoms with van der Waals surface area (Å²) in [5, 5.41) is 29.3. The van der Waals surface area contributed by atoms with E-state index in [4.69, 9.17) is 49.3 Å². The second-order valence-corrected chi connectivity index (χ2v) is 39.3. The third-order valence-electron chi connectivity index (χ3n) is 28.5. The summed E-state index contributed by atoms with van der Waals surface area (Å²) in [4.78, 5) is 45.1. The molecule has 0 unspecified atom stereocenters. The molecule has 10 nitrogen and oxygen atoms in total. The van der Waals surface area contributed by atoms with Crippen molar-refractivity contribution < 1.29 is 4.42 Å². The molecule has 6 heterocycles. The fraction of sp³-hybridized carbons (Fsp3) is 0. The molecule has 0 radical (unpaired) electrons. The molecule has 30 rings (SSSR count). The maximum absolute atomic E-state index is 6.33. The molecule has 0 saturated carbocycles. The van der Waals surface area contributed by atoms with Gasteiger partial charge in [0, 0.05) is 101 Å². The van der Waals surface area contributed by atoms with E-state index in [9.17, 15) is 0 Å². The smallest absolute Gasteiger partial charge is 0.164 e. The summed E-state index contributed by atoms with van der Waals surface area (Å²) in [5.74, 6) is 5.86. The van der Waals surface area contributed by atoms with Crippen LogP contribution in [0.3, 0.4) is 0 Å². The summed E-state index contributed by atoms with van der Waals surface area (Å²) < 4.78 is 11.6. The highest BCUT2D eigenvalue weighted by atomic mass is 32.1. The Hall–Kier alpha value is -19.1. The molecule has 24 aromatic carbocycles. The number of rotatable bonds is 12. The molecule has 0 spiro atoms. The number of hydrogen-bond donors (Lipinski definition) is 0. The van der Waals surface area contributed by atoms with Crippen molar-refractivity contribution in [1.29, 1.82) is 0 Å². The molecular formula is C135H81N9OS2. The standard InChI is InChI=1S/C45H27N3O.2C45H27N3S/c2*1-3-12-28(13-4-1)43-46-44(29-14-5-2-6-15-29)48-45(47-43)31-23-24-35-33-16-7-8-17-34(33)38-20-11-19-32(42(38)39(35)26-31)30-22-25-37-36-18-9-10-21-40(36)49-41(37)27-30;1-3-12-28(13-4-1)43-46-44(29-14-5-2-6-15-29)48-45(47-43)31-22-24-35-33-16-7-8-17-34(33)37-20-11-19-32(42(37)39(35)27-31)30-23-25-41-38(26-30)36-18-9-10-21-40(36)49-41/h3*1-27H. The van der Waals surface area contributed by atoms with Gasteiger partial charge in [-0.1, -0.05) is 425 Å². The Labute approximate surface area is 852 Å². The summed E-state index contributed by atoms with van der Waals surface area (Å²) in [6.07, 6.45) is 0. The summed E-state index contributed by atoms with van der Waals surface area (Å²) in [6.45, 7) is 0. The number of benzene rings is 24. The Bertz CT molecular complexity index is 9950. The van der Waals surface area contributed by atoms with Crippen molar-refractivity contribution in [3.63, 3.8) is 0 Å². The minimum Gasteiger partial charge on any atom is -0.456 e. The normalized spacial score (nSPS) is 11.7. The predicted octanol–water partition coefficient (Wildman–Crippen LogP) is 36.6. The van der Waals surface area contributed by atoms with Gasteiger partial charge in [-0.2, -0.15) is 0 Å². The van der Waals surface area contributed by atoms with E-state index >= 15 is 0 Å². The van der Waals surface area contributed by atoms with Crippen molar-refractivity contribution in [1.82, 2.24) is 44.9 Å². The molecule has 0 amide bonds. The van der Waals surface area contributed by atoms with Gasteiger partial charge in [-0.05, 0) is 197 Å². The number of para-hydroxylation sites is 1. The first-order valence-electron chi connectivity index (χ1n) is 49.3. The lowest BCUT2D eigenvalue weighted by atomic mass is 9.88. The van der Waals surface area contributed by atoms with Crippen LogP contribution in [0, 0.1) is 0 Å². The summed E-state index contributed by atoms with van der Waals surface area (Å²) in [5.41, 5.74) is 17.5. The predicted molar refractivity (Wildman–Crippen MR) is 615 cm³/mol. The van der Waals surface area contributed by atoms with Gasteiger partial charge in [-0.3, -0.25) is 0 Å². The maximum Gasteiger partial charge on any atom is 0.164 e. The monoisotopic (exact) mass is 1910 g/mol. The van der Waals surface area contributed by atoms with E-state index in [1.165, 1.54) is 154 Å². The van der Waals surface area contributed by atoms with Crippen LogP contribution in [0.1, 0.15) is 0 Å². The van der Waals surface area contributed by atoms with Crippen LogP contribution in [0.2, 0.25) is 0 Å². The molecule has 0 saturated heterocycles. The zero-order valence-corrected chi connectivity index (χ0v) is 80.6. The van der Waals surface area contributed by atoms with Gasteiger partial charge in [-0.25, -0.2) is 44.9 Å². The Morgan fingerprint density at radius 1 is 0.122 bits per heavy atom. The van der Waals surface area contributed by atoms with Crippen LogP contribution in [0.4, 0.5) is 0 Å². The van der Waals surface area contributed by atoms with Gasteiger partial charge >= 0.3 is 0 Å². The highest BCUT2D eigenvalue weighted by Gasteiger charge is 2.25. The van der Waals surface area contributed by atoms with E-state index in [0.717, 1.165) is 88.5 Å². The average Bonchev–Trinajstić information content (AvgIpc) is 1.07. The zero-order chi connectivity index (χ0) is 96.9. The van der Waals surface area contributed by atoms with Crippen LogP contribution >= 0.6 is 22.7 Å². The van der Waals surface area contributed by atoms with Gasteiger partial charge in [0.15, 0.2) is 52.4 Å². The average molecular weight is 1910 g/mol. The maximum atomic E-state index is 6.33. The van der Waals surface area contributed by atoms with E-state index in [2.05, 4.69) is 297 Å². The second-order valence-electron chi connectivity index (χ2n) is 37.1. The number of hydrogen-bond acceptors (Lipinski definition) is 12. The van der Waals surface area contributed by atoms with Crippen molar-refractivity contribution in [2.24, 2.45) is 0 Å². The van der Waals surface area contributed by atoms with E-state index in [0.29, 0.717) is 52.4 Å². The number of aromatic nitrogens is 9. The number of fused-ring (bicyclic) bond motifs is 27. The molecule has 30 aromatic rings. The van der Waals surface area contributed by atoms with Gasteiger partial charge in [0.1, 0.15) is 11.2 Å². The first kappa shape index (κ1) is 85.8. The molecule has 147 heavy (non-hydrogen) atoms. The molecule has 684 valence electrons. The molecule has 6 aromatic heterocycles. The lowest BCUT2D eigenvalue weighted by Crippen LogP contribution is -2.00. The third-order valence-corrected chi connectivity index (χ3v) is 30.8. The highest BCUT2D eigenvalue weighted by Crippen LogP contribution is 2.50. The zero-order valence-electron chi connectivity index (χ0n) is 79.0. The number of furan rings is 1. The van der Waals surface area contributed by atoms with Crippen molar-refractivity contribution in [3.05, 3.63) is 491 Å². The van der Waals surface area contributed by atoms with E-state index in [1.54, 1.807) is 0 Å². The van der Waals surface area contributed by atoms with E-state index in [-0.39, 0.29) is 0 Å². The van der Waals surface area contributed by atoms with E-state index < -0.39 is 0 Å². The van der Waals surface area contributed by atoms with E-state index in [1.807, 2.05) is 217 Å². The summed E-state index contributed by atoms with van der Waals surface area (Å²) in [7, 11) is 0. The van der Waals surface area contributed by atoms with Crippen LogP contribution in [-0.2, 0) is 0 Å². The van der Waals surface area contributed by atoms with Crippen LogP contribution in [0.5, 0.6) is 0 Å². The van der Waals surface area contributed by atoms with Crippen LogP contribution in [0.25, 0.3) is 295 Å². The fourth-order valence-electron chi connectivity index (χ4n) is 21.6. The van der Waals surface area contributed by atoms with Crippen molar-refractivity contribution >= 4 is 182 Å². The topological polar surface area (TPSA) is 129 Å². The Kier molecular flexibility index (Phi) is 21.1. The van der Waals surface area contributed by atoms with Crippen LogP contribution < -0.4 is 0 Å². The van der Waals surface area contributed by atoms with Crippen molar-refractivity contribution in [2.45, 2.75) is 0 Å². The molecule has 0 N–H and O–H groups in total. The first-order chi connectivity index (χ1) is 72.8. The fourth-order valence-corrected chi connectivity index (χ4v) is 23.9. The Balaban J connectivity index is 0.000000107. The van der Waals surface area contributed by atoms with Gasteiger partial charge in [0.2, 0.25) is 0 Å². The molecule has 0 aliphatic rings. The van der Waals surface area contributed by atoms with Crippen LogP contribution in [0.15, 0.2) is 496 Å². The summed E-state index contributed by atoms with van der Waals surface area (Å²) >= 11 is 3.71. The Morgan fingerprint density at radius 3 is 0.714 bits per heavy atom.